The van der Waals surface area contributed by atoms with Crippen LogP contribution >= 0.6 is 0 Å². The number of piperidine rings is 1. The molecule has 0 aromatic heterocycles. The summed E-state index contributed by atoms with van der Waals surface area (Å²) in [4.78, 5) is 17.7. The van der Waals surface area contributed by atoms with Crippen molar-refractivity contribution in [3.8, 4) is 11.5 Å². The number of methoxy groups -OCH3 is 2. The van der Waals surface area contributed by atoms with Gasteiger partial charge < -0.3 is 29.0 Å². The summed E-state index contributed by atoms with van der Waals surface area (Å²) in [5.74, 6) is 1.20. The van der Waals surface area contributed by atoms with Crippen LogP contribution in [0.15, 0.2) is 18.2 Å². The maximum absolute atomic E-state index is 13.5. The van der Waals surface area contributed by atoms with Gasteiger partial charge in [0.2, 0.25) is 0 Å². The van der Waals surface area contributed by atoms with Crippen LogP contribution in [0.4, 0.5) is 0 Å². The van der Waals surface area contributed by atoms with Crippen LogP contribution in [-0.2, 0) is 4.74 Å². The molecule has 1 aliphatic heterocycles. The molecule has 1 aliphatic rings. The molecule has 168 valence electrons. The summed E-state index contributed by atoms with van der Waals surface area (Å²) in [5.41, 5.74) is 0.603. The average Bonchev–Trinajstić information content (AvgIpc) is 2.73. The highest BCUT2D eigenvalue weighted by molar-refractivity contribution is 6.04. The maximum Gasteiger partial charge on any atom is 0.254 e. The monoisotopic (exact) mass is 420 g/mol. The van der Waals surface area contributed by atoms with E-state index in [-0.39, 0.29) is 24.6 Å². The molecule has 0 radical (unpaired) electrons. The molecule has 1 aromatic carbocycles. The van der Waals surface area contributed by atoms with E-state index in [1.54, 1.807) is 32.4 Å². The van der Waals surface area contributed by atoms with Gasteiger partial charge in [0.1, 0.15) is 0 Å². The number of ether oxygens (including phenoxy) is 3. The smallest absolute Gasteiger partial charge is 0.254 e. The normalized spacial score (nSPS) is 19.7. The minimum absolute atomic E-state index is 0.00778. The van der Waals surface area contributed by atoms with Crippen molar-refractivity contribution in [2.75, 3.05) is 40.6 Å². The minimum atomic E-state index is 0.00778. The quantitative estimate of drug-likeness (QED) is 0.434. The van der Waals surface area contributed by atoms with E-state index >= 15 is 0 Å². The number of aliphatic hydroxyl groups is 1. The Morgan fingerprint density at radius 2 is 2.03 bits per heavy atom. The number of amides is 1. The molecule has 0 aliphatic carbocycles. The topological polar surface area (TPSA) is 71.5 Å². The van der Waals surface area contributed by atoms with Crippen LogP contribution in [0.5, 0.6) is 11.5 Å². The molecule has 30 heavy (non-hydrogen) atoms. The van der Waals surface area contributed by atoms with E-state index in [0.29, 0.717) is 36.3 Å². The Labute approximate surface area is 181 Å². The Hall–Kier alpha value is -1.77. The van der Waals surface area contributed by atoms with E-state index in [2.05, 4.69) is 26.6 Å². The van der Waals surface area contributed by atoms with Crippen molar-refractivity contribution in [2.45, 2.75) is 57.7 Å². The third-order valence-corrected chi connectivity index (χ3v) is 5.76. The van der Waals surface area contributed by atoms with Crippen LogP contribution in [0.2, 0.25) is 0 Å². The van der Waals surface area contributed by atoms with Gasteiger partial charge in [-0.05, 0) is 51.3 Å². The Morgan fingerprint density at radius 3 is 2.63 bits per heavy atom. The second kappa shape index (κ2) is 12.2. The molecule has 0 bridgehead atoms. The molecule has 7 nitrogen and oxygen atoms in total. The van der Waals surface area contributed by atoms with Crippen molar-refractivity contribution < 1.29 is 24.1 Å². The molecule has 2 rings (SSSR count). The Bertz CT molecular complexity index is 673. The SMILES string of the molecule is BN1CC(N(C(=O)c2ccc(OC)c(OCCCOC)c2)C(C)C)CC[C@H]1CCO. The molecule has 1 fully saturated rings. The standard InChI is InChI=1S/C22H37BN2O5/c1-16(2)25(19-8-7-18(10-11-26)24(23)15-19)22(27)17-6-9-20(29-4)21(14-17)30-13-5-12-28-3/h6,9,14,16,18-19,26H,5,7-8,10-13,15,23H2,1-4H3/t18-,19?/m0/s1. The van der Waals surface area contributed by atoms with Crippen molar-refractivity contribution in [2.24, 2.45) is 0 Å². The minimum Gasteiger partial charge on any atom is -0.493 e. The summed E-state index contributed by atoms with van der Waals surface area (Å²) in [7, 11) is 5.34. The van der Waals surface area contributed by atoms with Crippen LogP contribution in [0.1, 0.15) is 49.9 Å². The molecule has 1 amide bonds. The number of carbonyl (C=O) groups is 1. The number of nitrogens with zero attached hydrogens (tertiary/aromatic N) is 2. The third-order valence-electron chi connectivity index (χ3n) is 5.76. The van der Waals surface area contributed by atoms with Gasteiger partial charge in [0.05, 0.1) is 13.7 Å². The highest BCUT2D eigenvalue weighted by Crippen LogP contribution is 2.30. The molecule has 0 spiro atoms. The molecule has 0 saturated carbocycles. The van der Waals surface area contributed by atoms with Gasteiger partial charge in [-0.25, -0.2) is 0 Å². The van der Waals surface area contributed by atoms with E-state index in [9.17, 15) is 9.90 Å². The molecule has 1 heterocycles. The zero-order valence-electron chi connectivity index (χ0n) is 19.1. The summed E-state index contributed by atoms with van der Waals surface area (Å²) in [6, 6.07) is 5.98. The van der Waals surface area contributed by atoms with Crippen LogP contribution in [0.3, 0.4) is 0 Å². The van der Waals surface area contributed by atoms with Gasteiger partial charge in [-0.2, -0.15) is 0 Å². The van der Waals surface area contributed by atoms with Crippen molar-refractivity contribution in [3.05, 3.63) is 23.8 Å². The largest absolute Gasteiger partial charge is 0.493 e. The van der Waals surface area contributed by atoms with E-state index in [1.165, 1.54) is 0 Å². The maximum atomic E-state index is 13.5. The first-order valence-corrected chi connectivity index (χ1v) is 10.9. The fourth-order valence-corrected chi connectivity index (χ4v) is 4.20. The third kappa shape index (κ3) is 6.36. The van der Waals surface area contributed by atoms with Crippen LogP contribution in [0, 0.1) is 0 Å². The molecule has 1 N–H and O–H groups in total. The molecular weight excluding hydrogens is 383 g/mol. The summed E-state index contributed by atoms with van der Waals surface area (Å²) < 4.78 is 16.3. The lowest BCUT2D eigenvalue weighted by Gasteiger charge is -2.44. The number of carbonyl (C=O) groups excluding carboxylic acids is 1. The first kappa shape index (κ1) is 24.5. The lowest BCUT2D eigenvalue weighted by atomic mass is 9.91. The van der Waals surface area contributed by atoms with Gasteiger partial charge in [0.25, 0.3) is 5.91 Å². The predicted octanol–water partition coefficient (Wildman–Crippen LogP) is 1.72. The zero-order valence-corrected chi connectivity index (χ0v) is 19.1. The van der Waals surface area contributed by atoms with Gasteiger partial charge in [-0.3, -0.25) is 4.79 Å². The van der Waals surface area contributed by atoms with Gasteiger partial charge in [-0.15, -0.1) is 0 Å². The fourth-order valence-electron chi connectivity index (χ4n) is 4.20. The van der Waals surface area contributed by atoms with E-state index in [0.717, 1.165) is 32.2 Å². The Balaban J connectivity index is 2.16. The van der Waals surface area contributed by atoms with E-state index in [1.807, 2.05) is 4.90 Å². The number of rotatable bonds is 11. The summed E-state index contributed by atoms with van der Waals surface area (Å²) in [6.45, 7) is 6.24. The first-order chi connectivity index (χ1) is 14.4. The second-order valence-corrected chi connectivity index (χ2v) is 8.20. The number of hydrogen-bond donors (Lipinski definition) is 1. The van der Waals surface area contributed by atoms with Crippen LogP contribution in [0.25, 0.3) is 0 Å². The molecule has 1 aromatic rings. The van der Waals surface area contributed by atoms with Gasteiger partial charge in [0.15, 0.2) is 19.5 Å². The summed E-state index contributed by atoms with van der Waals surface area (Å²) in [5, 5.41) is 9.28. The Morgan fingerprint density at radius 1 is 1.27 bits per heavy atom. The second-order valence-electron chi connectivity index (χ2n) is 8.20. The molecule has 2 atom stereocenters. The molecule has 1 unspecified atom stereocenters. The Kier molecular flexibility index (Phi) is 9.95. The first-order valence-electron chi connectivity index (χ1n) is 10.9. The van der Waals surface area contributed by atoms with E-state index in [4.69, 9.17) is 14.2 Å². The van der Waals surface area contributed by atoms with Gasteiger partial charge >= 0.3 is 0 Å². The van der Waals surface area contributed by atoms with Crippen LogP contribution in [-0.4, -0.2) is 87.4 Å². The molecular formula is C22H37BN2O5. The molecule has 8 heteroatoms. The molecule has 1 saturated heterocycles. The lowest BCUT2D eigenvalue weighted by molar-refractivity contribution is 0.0460. The van der Waals surface area contributed by atoms with E-state index < -0.39 is 0 Å². The van der Waals surface area contributed by atoms with Crippen molar-refractivity contribution >= 4 is 13.9 Å². The number of benzene rings is 1. The fraction of sp³-hybridized carbons (Fsp3) is 0.682. The van der Waals surface area contributed by atoms with Crippen molar-refractivity contribution in [3.63, 3.8) is 0 Å². The van der Waals surface area contributed by atoms with Gasteiger partial charge in [-0.1, -0.05) is 0 Å². The predicted molar refractivity (Wildman–Crippen MR) is 120 cm³/mol. The number of hydrogen-bond acceptors (Lipinski definition) is 6. The summed E-state index contributed by atoms with van der Waals surface area (Å²) >= 11 is 0. The highest BCUT2D eigenvalue weighted by atomic mass is 16.5. The van der Waals surface area contributed by atoms with Crippen LogP contribution < -0.4 is 9.47 Å². The number of aliphatic hydroxyl groups excluding tert-OH is 1. The summed E-state index contributed by atoms with van der Waals surface area (Å²) in [6.07, 6.45) is 3.46. The van der Waals surface area contributed by atoms with Crippen molar-refractivity contribution in [1.29, 1.82) is 0 Å². The highest BCUT2D eigenvalue weighted by Gasteiger charge is 2.33. The van der Waals surface area contributed by atoms with Gasteiger partial charge in [0, 0.05) is 57.0 Å². The van der Waals surface area contributed by atoms with Crippen molar-refractivity contribution in [1.82, 2.24) is 9.71 Å². The lowest BCUT2D eigenvalue weighted by Crippen LogP contribution is -2.55. The average molecular weight is 420 g/mol. The zero-order chi connectivity index (χ0) is 22.1.